The van der Waals surface area contributed by atoms with Crippen molar-refractivity contribution in [2.45, 2.75) is 20.0 Å². The van der Waals surface area contributed by atoms with E-state index >= 15 is 0 Å². The average molecular weight is 289 g/mol. The van der Waals surface area contributed by atoms with Gasteiger partial charge in [-0.15, -0.1) is 0 Å². The van der Waals surface area contributed by atoms with Gasteiger partial charge in [-0.3, -0.25) is 4.79 Å². The highest BCUT2D eigenvalue weighted by atomic mass is 19.4. The minimum atomic E-state index is -4.49. The molecule has 0 saturated carbocycles. The Balaban J connectivity index is 3.10. The number of hydrogen-bond acceptors (Lipinski definition) is 3. The van der Waals surface area contributed by atoms with Crippen LogP contribution in [-0.2, 0) is 10.9 Å². The molecule has 0 heterocycles. The normalized spacial score (nSPS) is 11.4. The smallest absolute Gasteiger partial charge is 0.380 e. The summed E-state index contributed by atoms with van der Waals surface area (Å²) in [5.74, 6) is 0. The molecule has 0 aliphatic rings. The van der Waals surface area contributed by atoms with Gasteiger partial charge < -0.3 is 9.64 Å². The zero-order valence-corrected chi connectivity index (χ0v) is 11.5. The molecule has 0 N–H and O–H groups in total. The van der Waals surface area contributed by atoms with Crippen LogP contribution in [0.15, 0.2) is 18.2 Å². The number of benzene rings is 1. The van der Waals surface area contributed by atoms with Gasteiger partial charge in [0.1, 0.15) is 6.29 Å². The molecule has 0 aromatic heterocycles. The number of carbonyl (C=O) groups excluding carboxylic acids is 1. The summed E-state index contributed by atoms with van der Waals surface area (Å²) in [5, 5.41) is 0. The van der Waals surface area contributed by atoms with Gasteiger partial charge in [0.25, 0.3) is 0 Å². The first-order chi connectivity index (χ1) is 9.43. The van der Waals surface area contributed by atoms with Crippen molar-refractivity contribution >= 4 is 12.0 Å². The van der Waals surface area contributed by atoms with Crippen LogP contribution in [0.1, 0.15) is 29.8 Å². The Kier molecular flexibility index (Phi) is 6.01. The van der Waals surface area contributed by atoms with Gasteiger partial charge >= 0.3 is 6.18 Å². The van der Waals surface area contributed by atoms with Gasteiger partial charge in [-0.25, -0.2) is 0 Å². The van der Waals surface area contributed by atoms with Crippen molar-refractivity contribution < 1.29 is 22.7 Å². The third-order valence-corrected chi connectivity index (χ3v) is 2.89. The summed E-state index contributed by atoms with van der Waals surface area (Å²) in [5.41, 5.74) is -0.701. The molecule has 1 rings (SSSR count). The molecule has 6 heteroatoms. The largest absolute Gasteiger partial charge is 0.418 e. The lowest BCUT2D eigenvalue weighted by atomic mass is 10.1. The Bertz CT molecular complexity index is 447. The second-order valence-electron chi connectivity index (χ2n) is 4.17. The molecule has 0 fully saturated rings. The van der Waals surface area contributed by atoms with Gasteiger partial charge in [-0.1, -0.05) is 0 Å². The predicted octanol–water partition coefficient (Wildman–Crippen LogP) is 3.38. The Morgan fingerprint density at radius 1 is 1.30 bits per heavy atom. The van der Waals surface area contributed by atoms with E-state index in [1.807, 2.05) is 6.92 Å². The van der Waals surface area contributed by atoms with E-state index < -0.39 is 11.7 Å². The Morgan fingerprint density at radius 2 is 2.00 bits per heavy atom. The van der Waals surface area contributed by atoms with E-state index in [4.69, 9.17) is 4.74 Å². The van der Waals surface area contributed by atoms with Crippen LogP contribution in [0.5, 0.6) is 0 Å². The van der Waals surface area contributed by atoms with E-state index in [0.29, 0.717) is 32.6 Å². The molecule has 0 atom stereocenters. The number of ether oxygens (including phenoxy) is 1. The fourth-order valence-corrected chi connectivity index (χ4v) is 1.90. The second-order valence-corrected chi connectivity index (χ2v) is 4.17. The van der Waals surface area contributed by atoms with Crippen LogP contribution in [-0.4, -0.2) is 32.6 Å². The number of likely N-dealkylation sites (N-methyl/N-ethyl adjacent to an activating group) is 1. The number of anilines is 1. The number of carbonyl (C=O) groups is 1. The summed E-state index contributed by atoms with van der Waals surface area (Å²) in [4.78, 5) is 12.2. The highest BCUT2D eigenvalue weighted by molar-refractivity contribution is 5.77. The number of hydrogen-bond donors (Lipinski definition) is 0. The van der Waals surface area contributed by atoms with Crippen molar-refractivity contribution in [3.05, 3.63) is 29.3 Å². The monoisotopic (exact) mass is 289 g/mol. The minimum Gasteiger partial charge on any atom is -0.380 e. The third-order valence-electron chi connectivity index (χ3n) is 2.89. The number of rotatable bonds is 7. The summed E-state index contributed by atoms with van der Waals surface area (Å²) in [6, 6.07) is 3.61. The van der Waals surface area contributed by atoms with Gasteiger partial charge in [0, 0.05) is 30.9 Å². The molecular weight excluding hydrogens is 271 g/mol. The molecule has 20 heavy (non-hydrogen) atoms. The highest BCUT2D eigenvalue weighted by Gasteiger charge is 2.35. The maximum absolute atomic E-state index is 13.1. The predicted molar refractivity (Wildman–Crippen MR) is 71.2 cm³/mol. The lowest BCUT2D eigenvalue weighted by Gasteiger charge is -2.26. The fraction of sp³-hybridized carbons (Fsp3) is 0.500. The summed E-state index contributed by atoms with van der Waals surface area (Å²) < 4.78 is 44.4. The van der Waals surface area contributed by atoms with Crippen molar-refractivity contribution in [2.75, 3.05) is 31.2 Å². The van der Waals surface area contributed by atoms with E-state index in [9.17, 15) is 18.0 Å². The molecule has 0 aliphatic carbocycles. The molecule has 112 valence electrons. The maximum Gasteiger partial charge on any atom is 0.418 e. The SMILES string of the molecule is CCOCCN(CC)c1ccc(C=O)cc1C(F)(F)F. The number of nitrogens with zero attached hydrogens (tertiary/aromatic N) is 1. The standard InChI is InChI=1S/C14H18F3NO2/c1-3-18(7-8-20-4-2)13-6-5-11(10-19)9-12(13)14(15,16)17/h5-6,9-10H,3-4,7-8H2,1-2H3. The zero-order chi connectivity index (χ0) is 15.2. The fourth-order valence-electron chi connectivity index (χ4n) is 1.90. The van der Waals surface area contributed by atoms with Crippen LogP contribution in [0.4, 0.5) is 18.9 Å². The Hall–Kier alpha value is -1.56. The summed E-state index contributed by atoms with van der Waals surface area (Å²) in [6.45, 7) is 5.28. The van der Waals surface area contributed by atoms with Crippen LogP contribution in [0.3, 0.4) is 0 Å². The van der Waals surface area contributed by atoms with Crippen molar-refractivity contribution in [1.29, 1.82) is 0 Å². The van der Waals surface area contributed by atoms with Crippen molar-refractivity contribution in [3.8, 4) is 0 Å². The van der Waals surface area contributed by atoms with Gasteiger partial charge in [0.15, 0.2) is 0 Å². The zero-order valence-electron chi connectivity index (χ0n) is 11.5. The van der Waals surface area contributed by atoms with Crippen LogP contribution in [0, 0.1) is 0 Å². The quantitative estimate of drug-likeness (QED) is 0.569. The van der Waals surface area contributed by atoms with E-state index in [0.717, 1.165) is 6.07 Å². The van der Waals surface area contributed by atoms with Gasteiger partial charge in [0.2, 0.25) is 0 Å². The molecule has 0 radical (unpaired) electrons. The molecule has 1 aromatic rings. The molecule has 0 bridgehead atoms. The first-order valence-corrected chi connectivity index (χ1v) is 6.43. The van der Waals surface area contributed by atoms with Crippen LogP contribution in [0.2, 0.25) is 0 Å². The van der Waals surface area contributed by atoms with Gasteiger partial charge in [-0.05, 0) is 32.0 Å². The van der Waals surface area contributed by atoms with E-state index in [1.165, 1.54) is 12.1 Å². The molecule has 0 aliphatic heterocycles. The van der Waals surface area contributed by atoms with Crippen molar-refractivity contribution in [2.24, 2.45) is 0 Å². The first-order valence-electron chi connectivity index (χ1n) is 6.43. The third kappa shape index (κ3) is 4.23. The second kappa shape index (κ2) is 7.28. The molecule has 0 unspecified atom stereocenters. The van der Waals surface area contributed by atoms with Crippen LogP contribution in [0.25, 0.3) is 0 Å². The highest BCUT2D eigenvalue weighted by Crippen LogP contribution is 2.37. The van der Waals surface area contributed by atoms with Crippen LogP contribution >= 0.6 is 0 Å². The van der Waals surface area contributed by atoms with Gasteiger partial charge in [0.05, 0.1) is 12.2 Å². The first kappa shape index (κ1) is 16.5. The molecular formula is C14H18F3NO2. The molecule has 3 nitrogen and oxygen atoms in total. The number of alkyl halides is 3. The number of aldehydes is 1. The number of halogens is 3. The van der Waals surface area contributed by atoms with Gasteiger partial charge in [-0.2, -0.15) is 13.2 Å². The topological polar surface area (TPSA) is 29.5 Å². The molecule has 0 spiro atoms. The molecule has 0 saturated heterocycles. The van der Waals surface area contributed by atoms with E-state index in [1.54, 1.807) is 11.8 Å². The van der Waals surface area contributed by atoms with E-state index in [-0.39, 0.29) is 11.3 Å². The van der Waals surface area contributed by atoms with Crippen molar-refractivity contribution in [3.63, 3.8) is 0 Å². The summed E-state index contributed by atoms with van der Waals surface area (Å²) >= 11 is 0. The lowest BCUT2D eigenvalue weighted by molar-refractivity contribution is -0.137. The summed E-state index contributed by atoms with van der Waals surface area (Å²) in [7, 11) is 0. The minimum absolute atomic E-state index is 0.0157. The molecule has 0 amide bonds. The van der Waals surface area contributed by atoms with Crippen LogP contribution < -0.4 is 4.90 Å². The maximum atomic E-state index is 13.1. The molecule has 1 aromatic carbocycles. The Labute approximate surface area is 116 Å². The Morgan fingerprint density at radius 3 is 2.50 bits per heavy atom. The van der Waals surface area contributed by atoms with Crippen molar-refractivity contribution in [1.82, 2.24) is 0 Å². The van der Waals surface area contributed by atoms with E-state index in [2.05, 4.69) is 0 Å². The average Bonchev–Trinajstić information content (AvgIpc) is 2.42. The lowest BCUT2D eigenvalue weighted by Crippen LogP contribution is -2.29. The summed E-state index contributed by atoms with van der Waals surface area (Å²) in [6.07, 6.45) is -4.08.